The van der Waals surface area contributed by atoms with Crippen molar-refractivity contribution in [1.82, 2.24) is 0 Å². The van der Waals surface area contributed by atoms with E-state index in [-0.39, 0.29) is 33.0 Å². The van der Waals surface area contributed by atoms with E-state index in [0.29, 0.717) is 5.92 Å². The molecule has 192 valence electrons. The van der Waals surface area contributed by atoms with Crippen LogP contribution in [0, 0.1) is 35.6 Å². The van der Waals surface area contributed by atoms with Gasteiger partial charge in [-0.3, -0.25) is 0 Å². The monoisotopic (exact) mass is 590 g/mol. The topological polar surface area (TPSA) is 23.1 Å². The molecule has 0 amide bonds. The molecular formula is C32H37ClOSiZr-6. The molecule has 0 N–H and O–H groups in total. The van der Waals surface area contributed by atoms with E-state index >= 15 is 0 Å². The van der Waals surface area contributed by atoms with Gasteiger partial charge < -0.3 is 32.4 Å². The molecule has 0 heterocycles. The van der Waals surface area contributed by atoms with E-state index in [4.69, 9.17) is 0 Å². The summed E-state index contributed by atoms with van der Waals surface area (Å²) in [6.45, 7) is 13.3. The van der Waals surface area contributed by atoms with Crippen molar-refractivity contribution in [2.75, 3.05) is 0 Å². The Hall–Kier alpha value is -1.93. The van der Waals surface area contributed by atoms with Crippen molar-refractivity contribution in [3.05, 3.63) is 128 Å². The molecule has 5 aromatic rings. The van der Waals surface area contributed by atoms with Crippen molar-refractivity contribution in [2.24, 2.45) is 0 Å². The fourth-order valence-electron chi connectivity index (χ4n) is 3.73. The van der Waals surface area contributed by atoms with Gasteiger partial charge in [0.05, 0.1) is 0 Å². The third-order valence-corrected chi connectivity index (χ3v) is 5.32. The normalized spacial score (nSPS) is 9.14. The molecule has 36 heavy (non-hydrogen) atoms. The van der Waals surface area contributed by atoms with Crippen molar-refractivity contribution in [3.63, 3.8) is 0 Å². The van der Waals surface area contributed by atoms with Gasteiger partial charge in [-0.15, -0.1) is 87.0 Å². The van der Waals surface area contributed by atoms with Crippen LogP contribution in [0.3, 0.4) is 0 Å². The number of halogens is 1. The van der Waals surface area contributed by atoms with Gasteiger partial charge in [-0.1, -0.05) is 69.2 Å². The Morgan fingerprint density at radius 3 is 1.47 bits per heavy atom. The number of hydrogen-bond acceptors (Lipinski definition) is 1. The molecule has 0 saturated carbocycles. The summed E-state index contributed by atoms with van der Waals surface area (Å²) < 4.78 is 0. The van der Waals surface area contributed by atoms with Gasteiger partial charge in [-0.25, -0.2) is 0 Å². The first-order chi connectivity index (χ1) is 15.8. The predicted molar refractivity (Wildman–Crippen MR) is 152 cm³/mol. The molecule has 0 aromatic heterocycles. The van der Waals surface area contributed by atoms with Crippen LogP contribution in [-0.2, 0) is 23.3 Å². The first-order valence-corrected chi connectivity index (χ1v) is 15.3. The van der Waals surface area contributed by atoms with Crippen LogP contribution >= 0.6 is 0 Å². The second-order valence-corrected chi connectivity index (χ2v) is 8.52. The van der Waals surface area contributed by atoms with Gasteiger partial charge in [0.25, 0.3) is 0 Å². The van der Waals surface area contributed by atoms with E-state index in [0.717, 1.165) is 11.1 Å². The third kappa shape index (κ3) is 11.0. The molecule has 1 nitrogen and oxygen atoms in total. The van der Waals surface area contributed by atoms with Gasteiger partial charge in [-0.2, -0.15) is 12.1 Å². The van der Waals surface area contributed by atoms with E-state index in [1.807, 2.05) is 32.9 Å². The average molecular weight is 592 g/mol. The van der Waals surface area contributed by atoms with Crippen molar-refractivity contribution < 1.29 is 40.8 Å². The zero-order chi connectivity index (χ0) is 24.4. The van der Waals surface area contributed by atoms with Crippen LogP contribution in [0.15, 0.2) is 91.0 Å². The summed E-state index contributed by atoms with van der Waals surface area (Å²) >= 11 is 1.36. The molecule has 0 unspecified atom stereocenters. The summed E-state index contributed by atoms with van der Waals surface area (Å²) in [6, 6.07) is 31.3. The summed E-state index contributed by atoms with van der Waals surface area (Å²) in [6.07, 6.45) is 0. The molecule has 5 rings (SSSR count). The molecule has 0 spiro atoms. The Balaban J connectivity index is 0. The predicted octanol–water partition coefficient (Wildman–Crippen LogP) is 5.45. The first-order valence-electron chi connectivity index (χ1n) is 11.1. The quantitative estimate of drug-likeness (QED) is 0.188. The van der Waals surface area contributed by atoms with E-state index in [1.54, 1.807) is 6.07 Å². The number of hydrogen-bond donors (Lipinski definition) is 0. The van der Waals surface area contributed by atoms with Crippen LogP contribution in [-0.4, -0.2) is 6.88 Å². The molecule has 0 aliphatic heterocycles. The van der Waals surface area contributed by atoms with Crippen molar-refractivity contribution >= 4 is 28.4 Å². The molecule has 4 heteroatoms. The van der Waals surface area contributed by atoms with Crippen LogP contribution in [0.5, 0.6) is 5.75 Å². The second-order valence-electron chi connectivity index (χ2n) is 8.52. The molecule has 0 saturated heterocycles. The summed E-state index contributed by atoms with van der Waals surface area (Å²) in [5.74, 6) is 0.503. The second kappa shape index (κ2) is 18.3. The van der Waals surface area contributed by atoms with Crippen LogP contribution in [0.2, 0.25) is 0 Å². The number of rotatable bonds is 1. The van der Waals surface area contributed by atoms with Crippen LogP contribution in [0.4, 0.5) is 0 Å². The average Bonchev–Trinajstić information content (AvgIpc) is 3.36. The Kier molecular flexibility index (Phi) is 18.5. The molecule has 5 aromatic carbocycles. The summed E-state index contributed by atoms with van der Waals surface area (Å²) in [4.78, 5) is 0. The summed E-state index contributed by atoms with van der Waals surface area (Å²) in [7, 11) is 0. The standard InChI is InChI=1S/C10H14O.2C10H9.2CH3.ClH.Si.Zr/c1-7(2)9-5-4-8(3)6-10(9)11;2*1-8-6-9-4-2-3-5-10(9)7-8;;;;;/h4-7,11H,1-3H3;2*2-7H,1H3;2*1H3;1H;;/q;4*-1;;;/p-2. The fraction of sp³-hybridized carbons (Fsp3) is 0.188. The van der Waals surface area contributed by atoms with Gasteiger partial charge in [0, 0.05) is 0 Å². The van der Waals surface area contributed by atoms with Gasteiger partial charge in [-0.05, 0) is 12.8 Å². The van der Waals surface area contributed by atoms with Crippen molar-refractivity contribution in [3.8, 4) is 5.75 Å². The molecular weight excluding hydrogens is 555 g/mol. The zero-order valence-electron chi connectivity index (χ0n) is 22.5. The van der Waals surface area contributed by atoms with E-state index in [1.165, 1.54) is 56.0 Å². The van der Waals surface area contributed by atoms with Gasteiger partial charge in [0.15, 0.2) is 0 Å². The van der Waals surface area contributed by atoms with Crippen LogP contribution in [0.25, 0.3) is 21.5 Å². The minimum absolute atomic E-state index is 0. The molecule has 0 aliphatic rings. The maximum atomic E-state index is 11.3. The first kappa shape index (κ1) is 36.2. The van der Waals surface area contributed by atoms with Crippen LogP contribution in [0.1, 0.15) is 42.0 Å². The molecule has 0 fully saturated rings. The van der Waals surface area contributed by atoms with E-state index < -0.39 is 0 Å². The number of benzene rings is 3. The fourth-order valence-corrected chi connectivity index (χ4v) is 3.73. The Morgan fingerprint density at radius 1 is 0.694 bits per heavy atom. The molecule has 0 bridgehead atoms. The molecule has 2 radical (unpaired) electrons. The number of aryl methyl sites for hydroxylation is 3. The van der Waals surface area contributed by atoms with E-state index in [9.17, 15) is 5.11 Å². The minimum atomic E-state index is 0. The Bertz CT molecular complexity index is 1150. The summed E-state index contributed by atoms with van der Waals surface area (Å²) in [5.41, 5.74) is 4.65. The summed E-state index contributed by atoms with van der Waals surface area (Å²) in [5, 5.41) is 16.7. The molecule has 0 aliphatic carbocycles. The van der Waals surface area contributed by atoms with Crippen LogP contribution < -0.4 is 17.5 Å². The SMILES string of the molecule is Cc1cc2ccccc2[cH-]1.Cc1cc2ccccc2[cH-]1.Cc1ccc(C(C)C)c([O-])c1.[CH3-].[CH3-].[Cl-].[Si]=[Zr]. The Morgan fingerprint density at radius 2 is 1.11 bits per heavy atom. The van der Waals surface area contributed by atoms with Gasteiger partial charge in [0.1, 0.15) is 0 Å². The maximum absolute atomic E-state index is 11.3. The van der Waals surface area contributed by atoms with Crippen molar-refractivity contribution in [1.29, 1.82) is 0 Å². The van der Waals surface area contributed by atoms with Crippen molar-refractivity contribution in [2.45, 2.75) is 40.5 Å². The van der Waals surface area contributed by atoms with E-state index in [2.05, 4.69) is 93.5 Å². The van der Waals surface area contributed by atoms with Gasteiger partial charge >= 0.3 is 30.2 Å². The zero-order valence-corrected chi connectivity index (χ0v) is 26.7. The Labute approximate surface area is 242 Å². The van der Waals surface area contributed by atoms with Gasteiger partial charge in [0.2, 0.25) is 0 Å². The number of fused-ring (bicyclic) bond motifs is 2. The third-order valence-electron chi connectivity index (χ3n) is 5.32. The molecule has 0 atom stereocenters.